The van der Waals surface area contributed by atoms with Crippen molar-refractivity contribution in [1.82, 2.24) is 9.62 Å². The maximum atomic E-state index is 14.2. The highest BCUT2D eigenvalue weighted by Gasteiger charge is 2.28. The van der Waals surface area contributed by atoms with Crippen molar-refractivity contribution in [3.05, 3.63) is 65.0 Å². The van der Waals surface area contributed by atoms with Gasteiger partial charge < -0.3 is 15.2 Å². The monoisotopic (exact) mass is 458 g/mol. The molecule has 0 radical (unpaired) electrons. The molecule has 0 spiro atoms. The number of likely N-dealkylation sites (N-methyl/N-ethyl adjacent to an activating group) is 1. The number of benzene rings is 2. The van der Waals surface area contributed by atoms with Crippen molar-refractivity contribution in [2.75, 3.05) is 20.1 Å². The van der Waals surface area contributed by atoms with E-state index in [9.17, 15) is 14.3 Å². The summed E-state index contributed by atoms with van der Waals surface area (Å²) >= 11 is 1.41. The number of nitrogens with zero attached hydrogens (tertiary/aromatic N) is 1. The third-order valence-electron chi connectivity index (χ3n) is 6.04. The second-order valence-electron chi connectivity index (χ2n) is 9.53. The molecule has 0 amide bonds. The third-order valence-corrected chi connectivity index (χ3v) is 6.96. The van der Waals surface area contributed by atoms with Crippen LogP contribution in [-0.4, -0.2) is 47.5 Å². The zero-order valence-electron chi connectivity index (χ0n) is 19.3. The number of fused-ring (bicyclic) bond motifs is 1. The van der Waals surface area contributed by atoms with Crippen LogP contribution < -0.4 is 5.32 Å². The molecule has 0 fully saturated rings. The number of hydrogen-bond donors (Lipinski definition) is 2. The smallest absolute Gasteiger partial charge is 0.127 e. The van der Waals surface area contributed by atoms with Gasteiger partial charge in [-0.15, -0.1) is 0 Å². The molecule has 2 N–H and O–H groups in total. The number of aryl methyl sites for hydroxylation is 1. The van der Waals surface area contributed by atoms with Crippen LogP contribution >= 0.6 is 11.9 Å². The molecule has 2 aromatic rings. The molecule has 0 saturated carbocycles. The number of carbonyl (C=O) groups excluding carboxylic acids is 1. The molecule has 2 aromatic carbocycles. The lowest BCUT2D eigenvalue weighted by molar-refractivity contribution is -0.107. The Morgan fingerprint density at radius 2 is 1.94 bits per heavy atom. The highest BCUT2D eigenvalue weighted by atomic mass is 32.2. The first-order chi connectivity index (χ1) is 15.3. The predicted octanol–water partition coefficient (Wildman–Crippen LogP) is 4.43. The predicted molar refractivity (Wildman–Crippen MR) is 129 cm³/mol. The summed E-state index contributed by atoms with van der Waals surface area (Å²) in [5.41, 5.74) is 3.45. The van der Waals surface area contributed by atoms with E-state index in [-0.39, 0.29) is 11.4 Å². The largest absolute Gasteiger partial charge is 0.390 e. The van der Waals surface area contributed by atoms with E-state index < -0.39 is 6.10 Å². The summed E-state index contributed by atoms with van der Waals surface area (Å²) in [6.45, 7) is 5.39. The van der Waals surface area contributed by atoms with Crippen LogP contribution in [0.2, 0.25) is 0 Å². The number of aldehydes is 1. The second kappa shape index (κ2) is 11.4. The summed E-state index contributed by atoms with van der Waals surface area (Å²) in [5, 5.41) is 14.1. The van der Waals surface area contributed by atoms with E-state index in [4.69, 9.17) is 0 Å². The lowest BCUT2D eigenvalue weighted by Crippen LogP contribution is -2.46. The Balaban J connectivity index is 1.41. The zero-order chi connectivity index (χ0) is 23.1. The standard InChI is InChI=1S/C26H35FN2O2S/c1-26(2,16-19-13-21-7-4-5-8-22(21)14-19)28-17-23(31)18-29(3)32-24-11-10-20(9-6-12-30)25(27)15-24/h4-5,7-8,10-12,15,19,23,28,31H,6,9,13-14,16-18H2,1-3H3. The van der Waals surface area contributed by atoms with Gasteiger partial charge in [0.05, 0.1) is 6.10 Å². The Morgan fingerprint density at radius 1 is 1.25 bits per heavy atom. The highest BCUT2D eigenvalue weighted by molar-refractivity contribution is 7.97. The number of nitrogens with one attached hydrogen (secondary N) is 1. The summed E-state index contributed by atoms with van der Waals surface area (Å²) in [5.74, 6) is 0.345. The van der Waals surface area contributed by atoms with Gasteiger partial charge in [0.25, 0.3) is 0 Å². The fourth-order valence-corrected chi connectivity index (χ4v) is 5.45. The summed E-state index contributed by atoms with van der Waals surface area (Å²) in [6.07, 6.45) is 4.36. The second-order valence-corrected chi connectivity index (χ2v) is 10.8. The molecule has 3 rings (SSSR count). The molecular formula is C26H35FN2O2S. The molecule has 32 heavy (non-hydrogen) atoms. The van der Waals surface area contributed by atoms with Crippen LogP contribution in [0.25, 0.3) is 0 Å². The molecular weight excluding hydrogens is 423 g/mol. The zero-order valence-corrected chi connectivity index (χ0v) is 20.1. The molecule has 1 atom stereocenters. The van der Waals surface area contributed by atoms with Crippen LogP contribution in [0, 0.1) is 11.7 Å². The van der Waals surface area contributed by atoms with Crippen molar-refractivity contribution in [2.45, 2.75) is 62.5 Å². The SMILES string of the molecule is CN(CC(O)CNC(C)(C)CC1Cc2ccccc2C1)Sc1ccc(CCC=O)c(F)c1. The number of halogens is 1. The molecule has 1 aliphatic rings. The normalized spacial score (nSPS) is 15.2. The fourth-order valence-electron chi connectivity index (χ4n) is 4.56. The molecule has 1 aliphatic carbocycles. The molecule has 0 saturated heterocycles. The Labute approximate surface area is 195 Å². The summed E-state index contributed by atoms with van der Waals surface area (Å²) in [4.78, 5) is 11.3. The summed E-state index contributed by atoms with van der Waals surface area (Å²) in [7, 11) is 1.90. The van der Waals surface area contributed by atoms with Gasteiger partial charge in [-0.2, -0.15) is 0 Å². The van der Waals surface area contributed by atoms with E-state index in [0.717, 1.165) is 30.4 Å². The van der Waals surface area contributed by atoms with Gasteiger partial charge in [-0.25, -0.2) is 8.70 Å². The molecule has 0 aromatic heterocycles. The van der Waals surface area contributed by atoms with E-state index in [1.807, 2.05) is 17.4 Å². The topological polar surface area (TPSA) is 52.6 Å². The Hall–Kier alpha value is -1.73. The molecule has 174 valence electrons. The highest BCUT2D eigenvalue weighted by Crippen LogP contribution is 2.32. The van der Waals surface area contributed by atoms with Crippen LogP contribution in [0.5, 0.6) is 0 Å². The van der Waals surface area contributed by atoms with Gasteiger partial charge in [0.15, 0.2) is 0 Å². The van der Waals surface area contributed by atoms with Crippen LogP contribution in [0.4, 0.5) is 4.39 Å². The first kappa shape index (κ1) is 24.9. The number of β-amino-alcohol motifs (C(OH)–C–C–N with tert-alkyl or cyclic N) is 1. The quantitative estimate of drug-likeness (QED) is 0.364. The number of hydrogen-bond acceptors (Lipinski definition) is 5. The van der Waals surface area contributed by atoms with Gasteiger partial charge in [0.1, 0.15) is 12.1 Å². The van der Waals surface area contributed by atoms with Crippen LogP contribution in [0.1, 0.15) is 43.4 Å². The lowest BCUT2D eigenvalue weighted by Gasteiger charge is -2.31. The Kier molecular flexibility index (Phi) is 8.88. The molecule has 0 aliphatic heterocycles. The van der Waals surface area contributed by atoms with Gasteiger partial charge in [0, 0.05) is 29.9 Å². The van der Waals surface area contributed by atoms with Crippen molar-refractivity contribution in [2.24, 2.45) is 5.92 Å². The van der Waals surface area contributed by atoms with E-state index in [2.05, 4.69) is 43.4 Å². The minimum Gasteiger partial charge on any atom is -0.390 e. The first-order valence-electron chi connectivity index (χ1n) is 11.4. The molecule has 4 nitrogen and oxygen atoms in total. The van der Waals surface area contributed by atoms with Gasteiger partial charge in [-0.1, -0.05) is 30.3 Å². The maximum absolute atomic E-state index is 14.2. The van der Waals surface area contributed by atoms with Gasteiger partial charge in [-0.05, 0) is 93.3 Å². The maximum Gasteiger partial charge on any atom is 0.127 e. The van der Waals surface area contributed by atoms with Crippen LogP contribution in [0.3, 0.4) is 0 Å². The van der Waals surface area contributed by atoms with Crippen molar-refractivity contribution < 1.29 is 14.3 Å². The molecule has 0 heterocycles. The van der Waals surface area contributed by atoms with Gasteiger partial charge in [-0.3, -0.25) is 0 Å². The fraction of sp³-hybridized carbons (Fsp3) is 0.500. The summed E-state index contributed by atoms with van der Waals surface area (Å²) < 4.78 is 16.1. The Morgan fingerprint density at radius 3 is 2.56 bits per heavy atom. The van der Waals surface area contributed by atoms with Crippen LogP contribution in [-0.2, 0) is 24.1 Å². The lowest BCUT2D eigenvalue weighted by atomic mass is 9.88. The Bertz CT molecular complexity index is 880. The first-order valence-corrected chi connectivity index (χ1v) is 12.1. The van der Waals surface area contributed by atoms with Crippen molar-refractivity contribution in [1.29, 1.82) is 0 Å². The number of aliphatic hydroxyl groups is 1. The van der Waals surface area contributed by atoms with Crippen molar-refractivity contribution in [3.8, 4) is 0 Å². The number of carbonyl (C=O) groups is 1. The molecule has 6 heteroatoms. The van der Waals surface area contributed by atoms with Crippen LogP contribution in [0.15, 0.2) is 47.4 Å². The molecule has 0 bridgehead atoms. The van der Waals surface area contributed by atoms with Gasteiger partial charge in [0.2, 0.25) is 0 Å². The summed E-state index contributed by atoms with van der Waals surface area (Å²) in [6, 6.07) is 13.8. The van der Waals surface area contributed by atoms with E-state index in [1.54, 1.807) is 6.07 Å². The van der Waals surface area contributed by atoms with E-state index >= 15 is 0 Å². The van der Waals surface area contributed by atoms with E-state index in [0.29, 0.717) is 37.4 Å². The van der Waals surface area contributed by atoms with Crippen molar-refractivity contribution >= 4 is 18.2 Å². The van der Waals surface area contributed by atoms with Crippen molar-refractivity contribution in [3.63, 3.8) is 0 Å². The van der Waals surface area contributed by atoms with Gasteiger partial charge >= 0.3 is 0 Å². The number of rotatable bonds is 12. The average molecular weight is 459 g/mol. The number of aliphatic hydroxyl groups excluding tert-OH is 1. The minimum absolute atomic E-state index is 0.0557. The molecule has 1 unspecified atom stereocenters. The third kappa shape index (κ3) is 7.41. The minimum atomic E-state index is -0.524. The average Bonchev–Trinajstić information content (AvgIpc) is 3.13. The van der Waals surface area contributed by atoms with E-state index in [1.165, 1.54) is 29.1 Å².